The maximum atomic E-state index is 11.9. The highest BCUT2D eigenvalue weighted by Gasteiger charge is 2.18. The Hall–Kier alpha value is -2.89. The second-order valence-corrected chi connectivity index (χ2v) is 4.28. The minimum atomic E-state index is -0.636. The van der Waals surface area contributed by atoms with Gasteiger partial charge >= 0.3 is 5.69 Å². The number of rotatable bonds is 3. The van der Waals surface area contributed by atoms with E-state index in [1.165, 1.54) is 25.0 Å². The van der Waals surface area contributed by atoms with Gasteiger partial charge in [-0.05, 0) is 6.92 Å². The second-order valence-electron chi connectivity index (χ2n) is 4.28. The van der Waals surface area contributed by atoms with Gasteiger partial charge in [0.1, 0.15) is 24.0 Å². The molecule has 104 valence electrons. The summed E-state index contributed by atoms with van der Waals surface area (Å²) in [5, 5.41) is 18.5. The first-order valence-corrected chi connectivity index (χ1v) is 5.79. The van der Waals surface area contributed by atoms with Crippen molar-refractivity contribution in [3.63, 3.8) is 0 Å². The van der Waals surface area contributed by atoms with E-state index in [0.717, 1.165) is 4.57 Å². The molecule has 2 N–H and O–H groups in total. The lowest BCUT2D eigenvalue weighted by Crippen LogP contribution is -2.40. The molecule has 0 unspecified atom stereocenters. The lowest BCUT2D eigenvalue weighted by Gasteiger charge is -2.17. The number of aromatic amines is 1. The van der Waals surface area contributed by atoms with Crippen molar-refractivity contribution >= 4 is 5.82 Å². The van der Waals surface area contributed by atoms with E-state index in [1.54, 1.807) is 6.92 Å². The molecule has 2 aromatic rings. The molecule has 0 aliphatic carbocycles. The van der Waals surface area contributed by atoms with Crippen LogP contribution in [0, 0.1) is 11.3 Å². The maximum absolute atomic E-state index is 11.9. The second kappa shape index (κ2) is 5.00. The topological polar surface area (TPSA) is 121 Å². The molecule has 9 heteroatoms. The Balaban J connectivity index is 2.55. The Morgan fingerprint density at radius 2 is 2.10 bits per heavy atom. The van der Waals surface area contributed by atoms with Crippen LogP contribution in [0.3, 0.4) is 0 Å². The molecule has 0 aromatic carbocycles. The van der Waals surface area contributed by atoms with Crippen molar-refractivity contribution in [3.05, 3.63) is 38.6 Å². The summed E-state index contributed by atoms with van der Waals surface area (Å²) in [5.41, 5.74) is -1.27. The predicted octanol–water partition coefficient (Wildman–Crippen LogP) is -0.753. The largest absolute Gasteiger partial charge is 0.360 e. The van der Waals surface area contributed by atoms with Gasteiger partial charge in [0, 0.05) is 14.1 Å². The SMILES string of the molecule is C[C@@H](Nc1c(C#N)c(=O)n(C)c(=O)n1C)c1ncn[nH]1. The number of H-pyrrole nitrogens is 1. The maximum Gasteiger partial charge on any atom is 0.332 e. The molecule has 20 heavy (non-hydrogen) atoms. The highest BCUT2D eigenvalue weighted by molar-refractivity contribution is 5.52. The molecule has 0 saturated heterocycles. The first-order chi connectivity index (χ1) is 9.47. The van der Waals surface area contributed by atoms with E-state index in [-0.39, 0.29) is 17.4 Å². The average Bonchev–Trinajstić information content (AvgIpc) is 2.97. The van der Waals surface area contributed by atoms with E-state index >= 15 is 0 Å². The molecule has 0 fully saturated rings. The molecule has 0 radical (unpaired) electrons. The minimum absolute atomic E-state index is 0.124. The van der Waals surface area contributed by atoms with Gasteiger partial charge < -0.3 is 5.32 Å². The van der Waals surface area contributed by atoms with Crippen LogP contribution in [0.5, 0.6) is 0 Å². The summed E-state index contributed by atoms with van der Waals surface area (Å²) in [6.45, 7) is 1.77. The van der Waals surface area contributed by atoms with E-state index in [0.29, 0.717) is 5.82 Å². The third-order valence-electron chi connectivity index (χ3n) is 2.97. The first kappa shape index (κ1) is 13.5. The third kappa shape index (κ3) is 2.07. The van der Waals surface area contributed by atoms with Crippen molar-refractivity contribution in [1.82, 2.24) is 24.3 Å². The van der Waals surface area contributed by atoms with E-state index in [1.807, 2.05) is 6.07 Å². The van der Waals surface area contributed by atoms with Crippen LogP contribution >= 0.6 is 0 Å². The third-order valence-corrected chi connectivity index (χ3v) is 2.97. The Kier molecular flexibility index (Phi) is 3.39. The Morgan fingerprint density at radius 3 is 2.65 bits per heavy atom. The van der Waals surface area contributed by atoms with Gasteiger partial charge in [-0.1, -0.05) is 0 Å². The summed E-state index contributed by atoms with van der Waals surface area (Å²) in [6, 6.07) is 1.48. The van der Waals surface area contributed by atoms with Gasteiger partial charge in [-0.15, -0.1) is 0 Å². The van der Waals surface area contributed by atoms with Gasteiger partial charge in [-0.2, -0.15) is 10.4 Å². The van der Waals surface area contributed by atoms with Crippen molar-refractivity contribution in [2.75, 3.05) is 5.32 Å². The van der Waals surface area contributed by atoms with Crippen LogP contribution in [0.15, 0.2) is 15.9 Å². The van der Waals surface area contributed by atoms with Crippen LogP contribution in [0.1, 0.15) is 24.4 Å². The molecule has 2 rings (SSSR count). The Morgan fingerprint density at radius 1 is 1.40 bits per heavy atom. The monoisotopic (exact) mass is 275 g/mol. The molecular weight excluding hydrogens is 262 g/mol. The van der Waals surface area contributed by atoms with Crippen molar-refractivity contribution in [3.8, 4) is 6.07 Å². The average molecular weight is 275 g/mol. The fourth-order valence-electron chi connectivity index (χ4n) is 1.81. The number of nitrogens with one attached hydrogen (secondary N) is 2. The molecular formula is C11H13N7O2. The molecule has 9 nitrogen and oxygen atoms in total. The molecule has 0 aliphatic heterocycles. The quantitative estimate of drug-likeness (QED) is 0.760. The normalized spacial score (nSPS) is 11.9. The molecule has 0 bridgehead atoms. The van der Waals surface area contributed by atoms with Gasteiger partial charge in [0.25, 0.3) is 5.56 Å². The van der Waals surface area contributed by atoms with Crippen LogP contribution in [-0.2, 0) is 14.1 Å². The minimum Gasteiger partial charge on any atom is -0.360 e. The number of aromatic nitrogens is 5. The van der Waals surface area contributed by atoms with Gasteiger partial charge in [0.2, 0.25) is 0 Å². The zero-order valence-corrected chi connectivity index (χ0v) is 11.2. The van der Waals surface area contributed by atoms with E-state index < -0.39 is 11.2 Å². The van der Waals surface area contributed by atoms with Crippen LogP contribution in [-0.4, -0.2) is 24.3 Å². The van der Waals surface area contributed by atoms with Gasteiger partial charge in [0.15, 0.2) is 5.56 Å². The number of nitrogens with zero attached hydrogens (tertiary/aromatic N) is 5. The number of nitriles is 1. The fourth-order valence-corrected chi connectivity index (χ4v) is 1.81. The van der Waals surface area contributed by atoms with Crippen LogP contribution in [0.2, 0.25) is 0 Å². The first-order valence-electron chi connectivity index (χ1n) is 5.79. The zero-order chi connectivity index (χ0) is 14.9. The molecule has 2 heterocycles. The summed E-state index contributed by atoms with van der Waals surface area (Å²) in [4.78, 5) is 27.8. The van der Waals surface area contributed by atoms with E-state index in [4.69, 9.17) is 5.26 Å². The summed E-state index contributed by atoms with van der Waals surface area (Å²) >= 11 is 0. The predicted molar refractivity (Wildman–Crippen MR) is 70.1 cm³/mol. The van der Waals surface area contributed by atoms with Crippen LogP contribution in [0.25, 0.3) is 0 Å². The highest BCUT2D eigenvalue weighted by Crippen LogP contribution is 2.15. The van der Waals surface area contributed by atoms with E-state index in [9.17, 15) is 9.59 Å². The standard InChI is InChI=1S/C11H13N7O2/c1-6(8-13-5-14-16-8)15-9-7(4-12)10(19)18(3)11(20)17(9)2/h5-6,15H,1-3H3,(H,13,14,16)/t6-/m1/s1. The van der Waals surface area contributed by atoms with E-state index in [2.05, 4.69) is 20.5 Å². The molecule has 2 aromatic heterocycles. The summed E-state index contributed by atoms with van der Waals surface area (Å²) in [7, 11) is 2.81. The van der Waals surface area contributed by atoms with Crippen molar-refractivity contribution < 1.29 is 0 Å². The van der Waals surface area contributed by atoms with Gasteiger partial charge in [-0.25, -0.2) is 9.78 Å². The Labute approximate surface area is 113 Å². The molecule has 0 spiro atoms. The van der Waals surface area contributed by atoms with Crippen molar-refractivity contribution in [2.45, 2.75) is 13.0 Å². The van der Waals surface area contributed by atoms with Crippen LogP contribution < -0.4 is 16.6 Å². The lowest BCUT2D eigenvalue weighted by molar-refractivity contribution is 0.673. The summed E-state index contributed by atoms with van der Waals surface area (Å²) in [5.74, 6) is 0.687. The summed E-state index contributed by atoms with van der Waals surface area (Å²) in [6.07, 6.45) is 1.35. The van der Waals surface area contributed by atoms with Gasteiger partial charge in [-0.3, -0.25) is 19.0 Å². The smallest absolute Gasteiger partial charge is 0.332 e. The number of hydrogen-bond donors (Lipinski definition) is 2. The fraction of sp³-hybridized carbons (Fsp3) is 0.364. The Bertz CT molecular complexity index is 779. The van der Waals surface area contributed by atoms with Gasteiger partial charge in [0.05, 0.1) is 6.04 Å². The lowest BCUT2D eigenvalue weighted by atomic mass is 10.2. The number of anilines is 1. The highest BCUT2D eigenvalue weighted by atomic mass is 16.2. The molecule has 0 aliphatic rings. The van der Waals surface area contributed by atoms with Crippen molar-refractivity contribution in [2.24, 2.45) is 14.1 Å². The molecule has 1 atom stereocenters. The molecule has 0 amide bonds. The van der Waals surface area contributed by atoms with Crippen molar-refractivity contribution in [1.29, 1.82) is 5.26 Å². The van der Waals surface area contributed by atoms with Crippen LogP contribution in [0.4, 0.5) is 5.82 Å². The molecule has 0 saturated carbocycles. The zero-order valence-electron chi connectivity index (χ0n) is 11.2. The summed E-state index contributed by atoms with van der Waals surface area (Å²) < 4.78 is 2.11. The number of hydrogen-bond acceptors (Lipinski definition) is 6.